The third-order valence-electron chi connectivity index (χ3n) is 3.94. The molecule has 0 aromatic heterocycles. The first-order valence-electron chi connectivity index (χ1n) is 7.09. The van der Waals surface area contributed by atoms with Crippen molar-refractivity contribution in [3.8, 4) is 0 Å². The molecule has 2 nitrogen and oxygen atoms in total. The number of hydrogen-bond acceptors (Lipinski definition) is 2. The van der Waals surface area contributed by atoms with Gasteiger partial charge in [0.1, 0.15) is 5.82 Å². The van der Waals surface area contributed by atoms with Gasteiger partial charge in [-0.05, 0) is 43.5 Å². The van der Waals surface area contributed by atoms with E-state index in [0.29, 0.717) is 31.5 Å². The zero-order valence-corrected chi connectivity index (χ0v) is 11.6. The average Bonchev–Trinajstić information content (AvgIpc) is 2.45. The van der Waals surface area contributed by atoms with Crippen molar-refractivity contribution in [2.75, 3.05) is 19.6 Å². The minimum atomic E-state index is -4.14. The van der Waals surface area contributed by atoms with Gasteiger partial charge in [-0.25, -0.2) is 4.39 Å². The lowest BCUT2D eigenvalue weighted by Crippen LogP contribution is -2.42. The second kappa shape index (κ2) is 6.75. The number of likely N-dealkylation sites (tertiary alicyclic amines) is 1. The minimum Gasteiger partial charge on any atom is -0.388 e. The van der Waals surface area contributed by atoms with Crippen LogP contribution in [0.3, 0.4) is 0 Å². The van der Waals surface area contributed by atoms with Crippen molar-refractivity contribution in [3.63, 3.8) is 0 Å². The Labute approximate surface area is 121 Å². The fourth-order valence-electron chi connectivity index (χ4n) is 2.68. The summed E-state index contributed by atoms with van der Waals surface area (Å²) in [5.41, 5.74) is 0.584. The van der Waals surface area contributed by atoms with Crippen LogP contribution in [0.15, 0.2) is 24.3 Å². The zero-order valence-electron chi connectivity index (χ0n) is 11.6. The first kappa shape index (κ1) is 16.2. The van der Waals surface area contributed by atoms with Gasteiger partial charge in [-0.1, -0.05) is 12.1 Å². The molecule has 0 amide bonds. The molecule has 2 rings (SSSR count). The van der Waals surface area contributed by atoms with E-state index >= 15 is 0 Å². The monoisotopic (exact) mass is 305 g/mol. The van der Waals surface area contributed by atoms with Crippen LogP contribution in [-0.4, -0.2) is 35.8 Å². The maximum Gasteiger partial charge on any atom is 0.393 e. The van der Waals surface area contributed by atoms with Crippen LogP contribution >= 0.6 is 0 Å². The Balaban J connectivity index is 1.83. The highest BCUT2D eigenvalue weighted by molar-refractivity contribution is 5.18. The molecule has 6 heteroatoms. The number of hydrogen-bond donors (Lipinski definition) is 1. The molecule has 1 aromatic rings. The molecule has 0 bridgehead atoms. The zero-order chi connectivity index (χ0) is 15.5. The molecule has 0 aliphatic carbocycles. The van der Waals surface area contributed by atoms with E-state index in [4.69, 9.17) is 0 Å². The predicted octanol–water partition coefficient (Wildman–Crippen LogP) is 3.52. The molecule has 1 aromatic carbocycles. The van der Waals surface area contributed by atoms with Gasteiger partial charge in [-0.3, -0.25) is 0 Å². The van der Waals surface area contributed by atoms with Crippen LogP contribution < -0.4 is 0 Å². The normalized spacial score (nSPS) is 22.2. The van der Waals surface area contributed by atoms with E-state index in [1.165, 1.54) is 24.3 Å². The molecule has 0 saturated carbocycles. The highest BCUT2D eigenvalue weighted by atomic mass is 19.4. The molecular formula is C15H19F4NO. The smallest absolute Gasteiger partial charge is 0.388 e. The van der Waals surface area contributed by atoms with Gasteiger partial charge in [0.15, 0.2) is 0 Å². The number of nitrogens with zero attached hydrogens (tertiary/aromatic N) is 1. The lowest BCUT2D eigenvalue weighted by Gasteiger charge is -2.34. The highest BCUT2D eigenvalue weighted by Crippen LogP contribution is 2.33. The summed E-state index contributed by atoms with van der Waals surface area (Å²) in [5.74, 6) is -1.65. The standard InChI is InChI=1S/C15H19F4NO/c16-13-5-3-11(4-6-13)14(21)7-9-20-8-1-2-12(10-20)15(17,18)19/h3-6,12,14,21H,1-2,7-10H2. The number of halogens is 4. The van der Waals surface area contributed by atoms with Crippen LogP contribution in [0.5, 0.6) is 0 Å². The van der Waals surface area contributed by atoms with Gasteiger partial charge in [0.2, 0.25) is 0 Å². The molecule has 21 heavy (non-hydrogen) atoms. The molecule has 1 fully saturated rings. The molecule has 1 aliphatic rings. The first-order valence-corrected chi connectivity index (χ1v) is 7.09. The first-order chi connectivity index (χ1) is 9.86. The van der Waals surface area contributed by atoms with E-state index in [-0.39, 0.29) is 18.8 Å². The number of aliphatic hydroxyl groups excluding tert-OH is 1. The van der Waals surface area contributed by atoms with Crippen molar-refractivity contribution < 1.29 is 22.7 Å². The van der Waals surface area contributed by atoms with Crippen LogP contribution in [0.1, 0.15) is 30.9 Å². The number of rotatable bonds is 4. The van der Waals surface area contributed by atoms with Gasteiger partial charge in [0, 0.05) is 13.1 Å². The summed E-state index contributed by atoms with van der Waals surface area (Å²) in [6, 6.07) is 5.52. The summed E-state index contributed by atoms with van der Waals surface area (Å²) in [5, 5.41) is 10.00. The third kappa shape index (κ3) is 4.68. The van der Waals surface area contributed by atoms with Crippen LogP contribution in [0.25, 0.3) is 0 Å². The quantitative estimate of drug-likeness (QED) is 0.860. The van der Waals surface area contributed by atoms with E-state index in [2.05, 4.69) is 0 Å². The molecule has 1 heterocycles. The van der Waals surface area contributed by atoms with Crippen molar-refractivity contribution in [2.24, 2.45) is 5.92 Å². The van der Waals surface area contributed by atoms with Crippen LogP contribution in [-0.2, 0) is 0 Å². The Morgan fingerprint density at radius 3 is 2.52 bits per heavy atom. The van der Waals surface area contributed by atoms with E-state index in [1.807, 2.05) is 0 Å². The Kier molecular flexibility index (Phi) is 5.22. The summed E-state index contributed by atoms with van der Waals surface area (Å²) < 4.78 is 50.9. The maximum absolute atomic E-state index is 12.8. The predicted molar refractivity (Wildman–Crippen MR) is 71.2 cm³/mol. The third-order valence-corrected chi connectivity index (χ3v) is 3.94. The summed E-state index contributed by atoms with van der Waals surface area (Å²) in [6.07, 6.45) is -3.88. The van der Waals surface area contributed by atoms with Crippen LogP contribution in [0, 0.1) is 11.7 Å². The second-order valence-corrected chi connectivity index (χ2v) is 5.54. The molecule has 1 N–H and O–H groups in total. The van der Waals surface area contributed by atoms with Gasteiger partial charge >= 0.3 is 6.18 Å². The van der Waals surface area contributed by atoms with Crippen LogP contribution in [0.2, 0.25) is 0 Å². The summed E-state index contributed by atoms with van der Waals surface area (Å²) in [4.78, 5) is 1.74. The van der Waals surface area contributed by atoms with Gasteiger partial charge in [0.05, 0.1) is 12.0 Å². The summed E-state index contributed by atoms with van der Waals surface area (Å²) >= 11 is 0. The topological polar surface area (TPSA) is 23.5 Å². The summed E-state index contributed by atoms with van der Waals surface area (Å²) in [7, 11) is 0. The molecule has 0 radical (unpaired) electrons. The van der Waals surface area contributed by atoms with Crippen molar-refractivity contribution in [1.29, 1.82) is 0 Å². The van der Waals surface area contributed by atoms with E-state index < -0.39 is 18.2 Å². The number of alkyl halides is 3. The molecule has 1 aliphatic heterocycles. The molecular weight excluding hydrogens is 286 g/mol. The van der Waals surface area contributed by atoms with Gasteiger partial charge in [0.25, 0.3) is 0 Å². The lowest BCUT2D eigenvalue weighted by atomic mass is 9.97. The van der Waals surface area contributed by atoms with E-state index in [9.17, 15) is 22.7 Å². The molecule has 2 atom stereocenters. The van der Waals surface area contributed by atoms with Gasteiger partial charge in [-0.2, -0.15) is 13.2 Å². The SMILES string of the molecule is OC(CCN1CCCC(C(F)(F)F)C1)c1ccc(F)cc1. The van der Waals surface area contributed by atoms with Crippen molar-refractivity contribution >= 4 is 0 Å². The fraction of sp³-hybridized carbons (Fsp3) is 0.600. The van der Waals surface area contributed by atoms with E-state index in [1.54, 1.807) is 4.90 Å². The Hall–Kier alpha value is -1.14. The Bertz CT molecular complexity index is 446. The largest absolute Gasteiger partial charge is 0.393 e. The minimum absolute atomic E-state index is 0.000359. The van der Waals surface area contributed by atoms with Crippen molar-refractivity contribution in [2.45, 2.75) is 31.5 Å². The molecule has 118 valence electrons. The average molecular weight is 305 g/mol. The number of benzene rings is 1. The van der Waals surface area contributed by atoms with E-state index in [0.717, 1.165) is 0 Å². The van der Waals surface area contributed by atoms with Gasteiger partial charge in [-0.15, -0.1) is 0 Å². The summed E-state index contributed by atoms with van der Waals surface area (Å²) in [6.45, 7) is 1.04. The highest BCUT2D eigenvalue weighted by Gasteiger charge is 2.41. The molecule has 0 spiro atoms. The second-order valence-electron chi connectivity index (χ2n) is 5.54. The van der Waals surface area contributed by atoms with Crippen molar-refractivity contribution in [3.05, 3.63) is 35.6 Å². The molecule has 2 unspecified atom stereocenters. The maximum atomic E-state index is 12.8. The molecule has 1 saturated heterocycles. The van der Waals surface area contributed by atoms with Crippen LogP contribution in [0.4, 0.5) is 17.6 Å². The van der Waals surface area contributed by atoms with Crippen molar-refractivity contribution in [1.82, 2.24) is 4.90 Å². The lowest BCUT2D eigenvalue weighted by molar-refractivity contribution is -0.186. The number of aliphatic hydroxyl groups is 1. The fourth-order valence-corrected chi connectivity index (χ4v) is 2.68. The Morgan fingerprint density at radius 1 is 1.24 bits per heavy atom. The Morgan fingerprint density at radius 2 is 1.90 bits per heavy atom. The van der Waals surface area contributed by atoms with Gasteiger partial charge < -0.3 is 10.0 Å². The number of piperidine rings is 1.